The fourth-order valence-corrected chi connectivity index (χ4v) is 4.17. The Morgan fingerprint density at radius 1 is 1.16 bits per heavy atom. The number of aryl methyl sites for hydroxylation is 2. The molecule has 1 unspecified atom stereocenters. The van der Waals surface area contributed by atoms with Crippen LogP contribution < -0.4 is 11.1 Å². The molecule has 0 saturated heterocycles. The van der Waals surface area contributed by atoms with Gasteiger partial charge in [-0.05, 0) is 67.1 Å². The van der Waals surface area contributed by atoms with Crippen LogP contribution >= 0.6 is 0 Å². The number of carbonyl (C=O) groups excluding carboxylic acids is 2. The van der Waals surface area contributed by atoms with Gasteiger partial charge in [-0.2, -0.15) is 0 Å². The van der Waals surface area contributed by atoms with Gasteiger partial charge in [0.1, 0.15) is 17.8 Å². The van der Waals surface area contributed by atoms with Crippen molar-refractivity contribution in [3.63, 3.8) is 0 Å². The van der Waals surface area contributed by atoms with Crippen LogP contribution in [0, 0.1) is 13.8 Å². The number of nitrogens with two attached hydrogens (primary N) is 1. The van der Waals surface area contributed by atoms with Gasteiger partial charge in [-0.15, -0.1) is 0 Å². The molecule has 8 heteroatoms. The van der Waals surface area contributed by atoms with Crippen molar-refractivity contribution in [3.05, 3.63) is 64.2 Å². The first kappa shape index (κ1) is 23.3. The highest BCUT2D eigenvalue weighted by molar-refractivity contribution is 5.92. The van der Waals surface area contributed by atoms with E-state index in [-0.39, 0.29) is 31.0 Å². The number of carboxylic acids is 1. The highest BCUT2D eigenvalue weighted by Gasteiger charge is 2.37. The fraction of sp³-hybridized carbons (Fsp3) is 0.375. The zero-order valence-corrected chi connectivity index (χ0v) is 18.5. The first-order valence-electron chi connectivity index (χ1n) is 10.5. The summed E-state index contributed by atoms with van der Waals surface area (Å²) >= 11 is 0. The van der Waals surface area contributed by atoms with Gasteiger partial charge in [-0.25, -0.2) is 0 Å². The van der Waals surface area contributed by atoms with Crippen molar-refractivity contribution in [2.75, 3.05) is 0 Å². The molecule has 0 bridgehead atoms. The zero-order chi connectivity index (χ0) is 23.6. The van der Waals surface area contributed by atoms with Crippen molar-refractivity contribution in [1.82, 2.24) is 10.2 Å². The zero-order valence-electron chi connectivity index (χ0n) is 18.5. The van der Waals surface area contributed by atoms with Crippen LogP contribution in [0.15, 0.2) is 36.4 Å². The quantitative estimate of drug-likeness (QED) is 0.538. The van der Waals surface area contributed by atoms with Gasteiger partial charge in [-0.3, -0.25) is 14.4 Å². The average molecular weight is 440 g/mol. The summed E-state index contributed by atoms with van der Waals surface area (Å²) in [6.07, 6.45) is 0.541. The lowest BCUT2D eigenvalue weighted by Crippen LogP contribution is -2.58. The summed E-state index contributed by atoms with van der Waals surface area (Å²) in [6, 6.07) is 7.98. The van der Waals surface area contributed by atoms with Crippen LogP contribution in [0.4, 0.5) is 0 Å². The van der Waals surface area contributed by atoms with Crippen molar-refractivity contribution in [1.29, 1.82) is 0 Å². The van der Waals surface area contributed by atoms with Gasteiger partial charge in [0.15, 0.2) is 0 Å². The molecule has 0 radical (unpaired) electrons. The molecule has 2 aromatic rings. The first-order valence-corrected chi connectivity index (χ1v) is 10.5. The van der Waals surface area contributed by atoms with E-state index in [0.717, 1.165) is 27.8 Å². The molecule has 32 heavy (non-hydrogen) atoms. The van der Waals surface area contributed by atoms with Crippen LogP contribution in [0.3, 0.4) is 0 Å². The Morgan fingerprint density at radius 2 is 1.75 bits per heavy atom. The molecule has 0 fully saturated rings. The van der Waals surface area contributed by atoms with Crippen molar-refractivity contribution >= 4 is 17.8 Å². The predicted octanol–water partition coefficient (Wildman–Crippen LogP) is 1.42. The maximum atomic E-state index is 13.4. The van der Waals surface area contributed by atoms with Crippen LogP contribution in [0.2, 0.25) is 0 Å². The highest BCUT2D eigenvalue weighted by atomic mass is 16.4. The second-order valence-corrected chi connectivity index (χ2v) is 8.39. The van der Waals surface area contributed by atoms with Gasteiger partial charge in [0.2, 0.25) is 11.8 Å². The second-order valence-electron chi connectivity index (χ2n) is 8.39. The van der Waals surface area contributed by atoms with E-state index in [1.165, 1.54) is 11.8 Å². The van der Waals surface area contributed by atoms with Crippen molar-refractivity contribution < 1.29 is 24.6 Å². The average Bonchev–Trinajstić information content (AvgIpc) is 2.74. The number of carbonyl (C=O) groups is 3. The first-order chi connectivity index (χ1) is 15.1. The number of nitrogens with one attached hydrogen (secondary N) is 1. The standard InChI is InChI=1S/C24H29N3O5/c1-13-8-18(28)9-14(2)19(13)11-20(25)23(30)27-12-17-7-5-4-6-16(17)10-21(27)22(29)26-15(3)24(31)32/h4-9,15,20-21,28H,10-12,25H2,1-3H3,(H,26,29)(H,31,32)/t15-,20+,21?/m0/s1. The van der Waals surface area contributed by atoms with Crippen LogP contribution in [0.1, 0.15) is 34.7 Å². The van der Waals surface area contributed by atoms with Gasteiger partial charge in [-0.1, -0.05) is 24.3 Å². The summed E-state index contributed by atoms with van der Waals surface area (Å²) in [5, 5.41) is 21.4. The Balaban J connectivity index is 1.87. The summed E-state index contributed by atoms with van der Waals surface area (Å²) in [5.74, 6) is -1.90. The number of nitrogens with zero attached hydrogens (tertiary/aromatic N) is 1. The molecule has 8 nitrogen and oxygen atoms in total. The molecule has 0 saturated carbocycles. The van der Waals surface area contributed by atoms with Crippen molar-refractivity contribution in [3.8, 4) is 5.75 Å². The van der Waals surface area contributed by atoms with Crippen LogP contribution in [-0.4, -0.2) is 51.0 Å². The topological polar surface area (TPSA) is 133 Å². The Bertz CT molecular complexity index is 1030. The lowest BCUT2D eigenvalue weighted by molar-refractivity contribution is -0.145. The monoisotopic (exact) mass is 439 g/mol. The molecule has 3 atom stereocenters. The number of rotatable bonds is 6. The van der Waals surface area contributed by atoms with Gasteiger partial charge in [0.05, 0.1) is 6.04 Å². The van der Waals surface area contributed by atoms with Gasteiger partial charge in [0.25, 0.3) is 0 Å². The number of hydrogen-bond donors (Lipinski definition) is 4. The molecule has 1 heterocycles. The number of hydrogen-bond acceptors (Lipinski definition) is 5. The van der Waals surface area contributed by atoms with E-state index >= 15 is 0 Å². The fourth-order valence-electron chi connectivity index (χ4n) is 4.17. The third-order valence-corrected chi connectivity index (χ3v) is 5.99. The summed E-state index contributed by atoms with van der Waals surface area (Å²) in [7, 11) is 0. The Morgan fingerprint density at radius 3 is 2.34 bits per heavy atom. The molecule has 5 N–H and O–H groups in total. The van der Waals surface area contributed by atoms with Crippen LogP contribution in [0.5, 0.6) is 5.75 Å². The normalized spacial score (nSPS) is 17.2. The molecular formula is C24H29N3O5. The predicted molar refractivity (Wildman–Crippen MR) is 119 cm³/mol. The minimum absolute atomic E-state index is 0.153. The van der Waals surface area contributed by atoms with E-state index in [1.54, 1.807) is 12.1 Å². The number of phenols is 1. The van der Waals surface area contributed by atoms with Crippen molar-refractivity contribution in [2.45, 2.75) is 58.3 Å². The number of benzene rings is 2. The molecule has 3 rings (SSSR count). The largest absolute Gasteiger partial charge is 0.508 e. The Labute approximate surface area is 187 Å². The summed E-state index contributed by atoms with van der Waals surface area (Å²) in [4.78, 5) is 39.0. The third kappa shape index (κ3) is 4.91. The van der Waals surface area contributed by atoms with Gasteiger partial charge < -0.3 is 26.2 Å². The van der Waals surface area contributed by atoms with Crippen LogP contribution in [0.25, 0.3) is 0 Å². The maximum absolute atomic E-state index is 13.4. The summed E-state index contributed by atoms with van der Waals surface area (Å²) in [5.41, 5.74) is 10.7. The van der Waals surface area contributed by atoms with E-state index in [1.807, 2.05) is 38.1 Å². The molecular weight excluding hydrogens is 410 g/mol. The minimum atomic E-state index is -1.15. The van der Waals surface area contributed by atoms with Crippen LogP contribution in [-0.2, 0) is 33.8 Å². The van der Waals surface area contributed by atoms with E-state index in [0.29, 0.717) is 0 Å². The van der Waals surface area contributed by atoms with E-state index < -0.39 is 30.0 Å². The van der Waals surface area contributed by atoms with Gasteiger partial charge >= 0.3 is 5.97 Å². The molecule has 0 aliphatic carbocycles. The minimum Gasteiger partial charge on any atom is -0.508 e. The van der Waals surface area contributed by atoms with E-state index in [4.69, 9.17) is 10.8 Å². The summed E-state index contributed by atoms with van der Waals surface area (Å²) < 4.78 is 0. The second kappa shape index (κ2) is 9.40. The lowest BCUT2D eigenvalue weighted by atomic mass is 9.91. The van der Waals surface area contributed by atoms with E-state index in [9.17, 15) is 19.5 Å². The summed E-state index contributed by atoms with van der Waals surface area (Å²) in [6.45, 7) is 5.29. The highest BCUT2D eigenvalue weighted by Crippen LogP contribution is 2.26. The van der Waals surface area contributed by atoms with Crippen molar-refractivity contribution in [2.24, 2.45) is 5.73 Å². The molecule has 0 aromatic heterocycles. The molecule has 2 aromatic carbocycles. The number of amides is 2. The number of carboxylic acid groups (broad SMARTS) is 1. The SMILES string of the molecule is Cc1cc(O)cc(C)c1C[C@@H](N)C(=O)N1Cc2ccccc2CC1C(=O)N[C@@H](C)C(=O)O. The number of phenolic OH excluding ortho intramolecular Hbond substituents is 1. The van der Waals surface area contributed by atoms with E-state index in [2.05, 4.69) is 5.32 Å². The van der Waals surface area contributed by atoms with Gasteiger partial charge in [0, 0.05) is 13.0 Å². The number of aliphatic carboxylic acids is 1. The third-order valence-electron chi connectivity index (χ3n) is 5.99. The molecule has 0 spiro atoms. The molecule has 170 valence electrons. The molecule has 1 aliphatic rings. The molecule has 2 amide bonds. The number of aromatic hydroxyl groups is 1. The number of fused-ring (bicyclic) bond motifs is 1. The Kier molecular flexibility index (Phi) is 6.84. The smallest absolute Gasteiger partial charge is 0.325 e. The Hall–Kier alpha value is -3.39. The lowest BCUT2D eigenvalue weighted by Gasteiger charge is -2.37. The molecule has 1 aliphatic heterocycles. The maximum Gasteiger partial charge on any atom is 0.325 e.